The number of amides is 1. The summed E-state index contributed by atoms with van der Waals surface area (Å²) in [6, 6.07) is 6.44. The van der Waals surface area contributed by atoms with Crippen LogP contribution >= 0.6 is 11.8 Å². The Balaban J connectivity index is 1.90. The minimum absolute atomic E-state index is 0.00528. The average Bonchev–Trinajstić information content (AvgIpc) is 3.05. The van der Waals surface area contributed by atoms with Gasteiger partial charge in [0.15, 0.2) is 20.8 Å². The van der Waals surface area contributed by atoms with Gasteiger partial charge in [-0.3, -0.25) is 14.4 Å². The molecule has 0 radical (unpaired) electrons. The molecule has 2 aliphatic heterocycles. The van der Waals surface area contributed by atoms with Gasteiger partial charge in [0, 0.05) is 29.3 Å². The molecular weight excluding hydrogens is 404 g/mol. The molecule has 1 aromatic rings. The molecule has 1 N–H and O–H groups in total. The van der Waals surface area contributed by atoms with E-state index in [-0.39, 0.29) is 47.8 Å². The molecule has 3 rings (SSSR count). The molecule has 0 aliphatic carbocycles. The number of carboxylic acid groups (broad SMARTS) is 1. The third kappa shape index (κ3) is 4.61. The van der Waals surface area contributed by atoms with Crippen LogP contribution in [-0.2, 0) is 19.4 Å². The number of carboxylic acids is 1. The fraction of sp³-hybridized carbons (Fsp3) is 0.444. The van der Waals surface area contributed by atoms with Gasteiger partial charge >= 0.3 is 5.97 Å². The zero-order valence-electron chi connectivity index (χ0n) is 15.2. The maximum Gasteiger partial charge on any atom is 0.303 e. The van der Waals surface area contributed by atoms with Crippen LogP contribution in [0.25, 0.3) is 0 Å². The Morgan fingerprint density at radius 3 is 2.68 bits per heavy atom. The number of fused-ring (bicyclic) bond motifs is 1. The zero-order chi connectivity index (χ0) is 20.5. The third-order valence-corrected chi connectivity index (χ3v) is 7.81. The van der Waals surface area contributed by atoms with E-state index in [0.29, 0.717) is 16.4 Å². The molecule has 10 heteroatoms. The van der Waals surface area contributed by atoms with Gasteiger partial charge in [-0.25, -0.2) is 8.42 Å². The van der Waals surface area contributed by atoms with Crippen LogP contribution in [0, 0.1) is 0 Å². The molecule has 2 unspecified atom stereocenters. The Bertz CT molecular complexity index is 957. The molecule has 2 heterocycles. The molecule has 0 spiro atoms. The second-order valence-corrected chi connectivity index (χ2v) is 10.2. The van der Waals surface area contributed by atoms with E-state index >= 15 is 0 Å². The number of benzene rings is 1. The maximum atomic E-state index is 12.2. The van der Waals surface area contributed by atoms with E-state index in [1.165, 1.54) is 18.7 Å². The number of aliphatic imine (C=N–C) groups is 1. The quantitative estimate of drug-likeness (QED) is 0.686. The highest BCUT2D eigenvalue weighted by Crippen LogP contribution is 2.41. The fourth-order valence-electron chi connectivity index (χ4n) is 3.29. The van der Waals surface area contributed by atoms with Crippen molar-refractivity contribution in [3.05, 3.63) is 29.8 Å². The van der Waals surface area contributed by atoms with Crippen LogP contribution in [-0.4, -0.2) is 59.1 Å². The molecule has 0 saturated carbocycles. The summed E-state index contributed by atoms with van der Waals surface area (Å²) < 4.78 is 24.1. The smallest absolute Gasteiger partial charge is 0.303 e. The molecule has 0 aromatic heterocycles. The number of sulfone groups is 1. The Kier molecular flexibility index (Phi) is 5.90. The van der Waals surface area contributed by atoms with Gasteiger partial charge in [-0.15, -0.1) is 0 Å². The predicted molar refractivity (Wildman–Crippen MR) is 107 cm³/mol. The molecule has 2 aliphatic rings. The summed E-state index contributed by atoms with van der Waals surface area (Å²) in [5.41, 5.74) is 1.10. The van der Waals surface area contributed by atoms with Gasteiger partial charge in [0.25, 0.3) is 0 Å². The highest BCUT2D eigenvalue weighted by atomic mass is 32.2. The summed E-state index contributed by atoms with van der Waals surface area (Å²) in [4.78, 5) is 40.4. The Labute approximate surface area is 166 Å². The van der Waals surface area contributed by atoms with E-state index in [0.717, 1.165) is 0 Å². The normalized spacial score (nSPS) is 24.3. The van der Waals surface area contributed by atoms with Gasteiger partial charge in [-0.1, -0.05) is 23.9 Å². The maximum absolute atomic E-state index is 12.2. The van der Waals surface area contributed by atoms with E-state index in [1.807, 2.05) is 0 Å². The van der Waals surface area contributed by atoms with Gasteiger partial charge in [-0.2, -0.15) is 4.99 Å². The van der Waals surface area contributed by atoms with Gasteiger partial charge in [-0.05, 0) is 25.5 Å². The number of Topliss-reactive ketones (excluding diaryl/α,β-unsaturated/α-hetero) is 1. The number of aliphatic carboxylic acids is 1. The van der Waals surface area contributed by atoms with Crippen LogP contribution in [0.2, 0.25) is 0 Å². The van der Waals surface area contributed by atoms with Crippen molar-refractivity contribution in [2.24, 2.45) is 4.99 Å². The summed E-state index contributed by atoms with van der Waals surface area (Å²) >= 11 is 1.24. The number of ketones is 1. The van der Waals surface area contributed by atoms with Crippen molar-refractivity contribution in [2.75, 3.05) is 16.4 Å². The number of hydrogen-bond acceptors (Lipinski definition) is 6. The Morgan fingerprint density at radius 2 is 2.00 bits per heavy atom. The number of amidine groups is 1. The molecule has 1 aromatic carbocycles. The minimum Gasteiger partial charge on any atom is -0.481 e. The summed E-state index contributed by atoms with van der Waals surface area (Å²) in [5, 5.41) is 8.84. The predicted octanol–water partition coefficient (Wildman–Crippen LogP) is 1.75. The van der Waals surface area contributed by atoms with Crippen molar-refractivity contribution in [3.8, 4) is 0 Å². The number of carbonyl (C=O) groups excluding carboxylic acids is 2. The van der Waals surface area contributed by atoms with Crippen LogP contribution in [0.5, 0.6) is 0 Å². The Morgan fingerprint density at radius 1 is 1.25 bits per heavy atom. The molecule has 28 heavy (non-hydrogen) atoms. The van der Waals surface area contributed by atoms with Crippen molar-refractivity contribution in [1.82, 2.24) is 0 Å². The fourth-order valence-corrected chi connectivity index (χ4v) is 7.23. The zero-order valence-corrected chi connectivity index (χ0v) is 16.8. The van der Waals surface area contributed by atoms with Gasteiger partial charge in [0.2, 0.25) is 5.91 Å². The van der Waals surface area contributed by atoms with E-state index in [4.69, 9.17) is 5.11 Å². The molecule has 1 amide bonds. The topological polar surface area (TPSA) is 121 Å². The summed E-state index contributed by atoms with van der Waals surface area (Å²) in [5.74, 6) is -1.57. The summed E-state index contributed by atoms with van der Waals surface area (Å²) in [6.07, 6.45) is 0.0829. The minimum atomic E-state index is -3.18. The summed E-state index contributed by atoms with van der Waals surface area (Å²) in [7, 11) is -3.18. The molecule has 150 valence electrons. The van der Waals surface area contributed by atoms with Crippen molar-refractivity contribution < 1.29 is 27.9 Å². The lowest BCUT2D eigenvalue weighted by atomic mass is 10.1. The lowest BCUT2D eigenvalue weighted by molar-refractivity contribution is -0.137. The lowest BCUT2D eigenvalue weighted by Crippen LogP contribution is -2.37. The van der Waals surface area contributed by atoms with Crippen molar-refractivity contribution in [1.29, 1.82) is 0 Å². The van der Waals surface area contributed by atoms with E-state index in [9.17, 15) is 22.8 Å². The number of carbonyl (C=O) groups is 3. The first kappa shape index (κ1) is 20.5. The van der Waals surface area contributed by atoms with Crippen molar-refractivity contribution in [2.45, 2.75) is 37.5 Å². The first-order valence-electron chi connectivity index (χ1n) is 8.77. The van der Waals surface area contributed by atoms with E-state index in [1.54, 1.807) is 29.2 Å². The summed E-state index contributed by atoms with van der Waals surface area (Å²) in [6.45, 7) is 1.45. The SMILES string of the molecule is CC(=O)c1cccc(N2C(=NC(=O)CCCC(=O)O)SC3CS(=O)(=O)CC32)c1. The van der Waals surface area contributed by atoms with Crippen LogP contribution in [0.15, 0.2) is 29.3 Å². The monoisotopic (exact) mass is 424 g/mol. The molecule has 2 fully saturated rings. The van der Waals surface area contributed by atoms with Crippen molar-refractivity contribution >= 4 is 50.1 Å². The van der Waals surface area contributed by atoms with Gasteiger partial charge in [0.1, 0.15) is 0 Å². The second kappa shape index (κ2) is 8.04. The number of thioether (sulfide) groups is 1. The van der Waals surface area contributed by atoms with Gasteiger partial charge in [0.05, 0.1) is 17.5 Å². The van der Waals surface area contributed by atoms with Crippen LogP contribution < -0.4 is 4.90 Å². The second-order valence-electron chi connectivity index (χ2n) is 6.81. The molecule has 2 atom stereocenters. The average molecular weight is 425 g/mol. The van der Waals surface area contributed by atoms with E-state index in [2.05, 4.69) is 4.99 Å². The number of hydrogen-bond donors (Lipinski definition) is 1. The molecular formula is C18H20N2O6S2. The molecule has 0 bridgehead atoms. The Hall–Kier alpha value is -2.20. The van der Waals surface area contributed by atoms with Crippen LogP contribution in [0.1, 0.15) is 36.5 Å². The number of rotatable bonds is 6. The standard InChI is InChI=1S/C18H20N2O6S2/c1-11(21)12-4-2-5-13(8-12)20-14-9-28(25,26)10-15(14)27-18(20)19-16(22)6-3-7-17(23)24/h2,4-5,8,14-15H,3,6-7,9-10H2,1H3,(H,23,24). The number of anilines is 1. The van der Waals surface area contributed by atoms with Gasteiger partial charge < -0.3 is 10.0 Å². The highest BCUT2D eigenvalue weighted by Gasteiger charge is 2.49. The van der Waals surface area contributed by atoms with Crippen LogP contribution in [0.4, 0.5) is 5.69 Å². The van der Waals surface area contributed by atoms with Crippen molar-refractivity contribution in [3.63, 3.8) is 0 Å². The molecule has 8 nitrogen and oxygen atoms in total. The van der Waals surface area contributed by atoms with Crippen LogP contribution in [0.3, 0.4) is 0 Å². The number of nitrogens with zero attached hydrogens (tertiary/aromatic N) is 2. The third-order valence-electron chi connectivity index (χ3n) is 4.60. The first-order valence-corrected chi connectivity index (χ1v) is 11.5. The lowest BCUT2D eigenvalue weighted by Gasteiger charge is -2.24. The first-order chi connectivity index (χ1) is 13.2. The highest BCUT2D eigenvalue weighted by molar-refractivity contribution is 8.16. The van der Waals surface area contributed by atoms with E-state index < -0.39 is 21.7 Å². The molecule has 2 saturated heterocycles. The largest absolute Gasteiger partial charge is 0.481 e.